The first-order chi connectivity index (χ1) is 17.9. The topological polar surface area (TPSA) is 138 Å². The van der Waals surface area contributed by atoms with E-state index in [1.54, 1.807) is 27.7 Å². The van der Waals surface area contributed by atoms with Crippen molar-refractivity contribution in [2.24, 2.45) is 0 Å². The maximum Gasteiger partial charge on any atom is 0.407 e. The highest BCUT2D eigenvalue weighted by Crippen LogP contribution is 2.22. The monoisotopic (exact) mass is 547 g/mol. The lowest BCUT2D eigenvalue weighted by molar-refractivity contribution is -0.143. The predicted molar refractivity (Wildman–Crippen MR) is 142 cm³/mol. The van der Waals surface area contributed by atoms with Crippen molar-refractivity contribution in [2.75, 3.05) is 13.7 Å². The summed E-state index contributed by atoms with van der Waals surface area (Å²) < 4.78 is 38.3. The normalized spacial score (nSPS) is 14.3. The van der Waals surface area contributed by atoms with Gasteiger partial charge in [0.05, 0.1) is 42.9 Å². The fourth-order valence-corrected chi connectivity index (χ4v) is 4.80. The average molecular weight is 548 g/mol. The molecule has 0 aliphatic heterocycles. The van der Waals surface area contributed by atoms with Crippen LogP contribution in [0.15, 0.2) is 59.5 Å². The lowest BCUT2D eigenvalue weighted by Gasteiger charge is -2.31. The molecule has 10 nitrogen and oxygen atoms in total. The number of alkyl carbamates (subject to hydrolysis) is 1. The van der Waals surface area contributed by atoms with E-state index in [0.29, 0.717) is 5.75 Å². The van der Waals surface area contributed by atoms with Gasteiger partial charge >= 0.3 is 6.09 Å². The summed E-state index contributed by atoms with van der Waals surface area (Å²) in [5, 5.41) is 22.8. The summed E-state index contributed by atoms with van der Waals surface area (Å²) in [7, 11) is -2.77. The minimum absolute atomic E-state index is 0.0716. The molecule has 0 bridgehead atoms. The molecule has 0 fully saturated rings. The zero-order chi connectivity index (χ0) is 28.3. The second kappa shape index (κ2) is 14.1. The van der Waals surface area contributed by atoms with Gasteiger partial charge in [-0.15, -0.1) is 0 Å². The number of nitrogens with one attached hydrogen (secondary N) is 1. The van der Waals surface area contributed by atoms with E-state index in [1.807, 2.05) is 36.4 Å². The van der Waals surface area contributed by atoms with Gasteiger partial charge in [-0.3, -0.25) is 4.84 Å². The number of carbonyl (C=O) groups is 1. The molecule has 2 unspecified atom stereocenters. The van der Waals surface area contributed by atoms with Gasteiger partial charge in [0.2, 0.25) is 0 Å². The van der Waals surface area contributed by atoms with E-state index in [4.69, 9.17) is 19.6 Å². The molecular weight excluding hydrogens is 510 g/mol. The molecule has 208 valence electrons. The molecule has 0 saturated heterocycles. The van der Waals surface area contributed by atoms with Crippen LogP contribution in [0.1, 0.15) is 46.1 Å². The molecule has 2 aromatic rings. The Labute approximate surface area is 225 Å². The minimum Gasteiger partial charge on any atom is -0.497 e. The predicted octanol–water partition coefficient (Wildman–Crippen LogP) is 3.81. The van der Waals surface area contributed by atoms with Crippen LogP contribution in [0.2, 0.25) is 0 Å². The van der Waals surface area contributed by atoms with Crippen molar-refractivity contribution in [1.82, 2.24) is 9.79 Å². The molecule has 0 spiro atoms. The number of ether oxygens (including phenoxy) is 2. The fraction of sp³-hybridized carbons (Fsp3) is 0.481. The van der Waals surface area contributed by atoms with E-state index >= 15 is 0 Å². The largest absolute Gasteiger partial charge is 0.497 e. The number of carbonyl (C=O) groups excluding carboxylic acids is 1. The van der Waals surface area contributed by atoms with Crippen LogP contribution in [0, 0.1) is 11.3 Å². The van der Waals surface area contributed by atoms with E-state index in [1.165, 1.54) is 31.4 Å². The molecule has 1 amide bonds. The third-order valence-electron chi connectivity index (χ3n) is 5.39. The first-order valence-electron chi connectivity index (χ1n) is 12.3. The van der Waals surface area contributed by atoms with Gasteiger partial charge in [0, 0.05) is 6.42 Å². The van der Waals surface area contributed by atoms with Crippen LogP contribution in [0.3, 0.4) is 0 Å². The molecular formula is C27H37N3O7S. The number of aliphatic hydroxyl groups is 1. The van der Waals surface area contributed by atoms with Crippen LogP contribution in [0.4, 0.5) is 4.79 Å². The number of nitrogens with zero attached hydrogens (tertiary/aromatic N) is 2. The molecule has 0 aliphatic rings. The van der Waals surface area contributed by atoms with Crippen LogP contribution < -0.4 is 10.1 Å². The van der Waals surface area contributed by atoms with Crippen LogP contribution in [0.5, 0.6) is 5.75 Å². The third kappa shape index (κ3) is 9.95. The molecule has 0 saturated carbocycles. The van der Waals surface area contributed by atoms with Crippen molar-refractivity contribution < 1.29 is 32.6 Å². The molecule has 2 aromatic carbocycles. The molecule has 11 heteroatoms. The number of nitriles is 1. The van der Waals surface area contributed by atoms with Gasteiger partial charge in [0.15, 0.2) is 0 Å². The Morgan fingerprint density at radius 3 is 2.32 bits per heavy atom. The number of hydrogen-bond donors (Lipinski definition) is 2. The zero-order valence-electron chi connectivity index (χ0n) is 22.5. The quantitative estimate of drug-likeness (QED) is 0.361. The number of hydrogen-bond acceptors (Lipinski definition) is 8. The van der Waals surface area contributed by atoms with Crippen molar-refractivity contribution >= 4 is 16.1 Å². The summed E-state index contributed by atoms with van der Waals surface area (Å²) >= 11 is 0. The second-order valence-electron chi connectivity index (χ2n) is 9.79. The van der Waals surface area contributed by atoms with Crippen molar-refractivity contribution in [3.63, 3.8) is 0 Å². The first-order valence-corrected chi connectivity index (χ1v) is 13.7. The first kappa shape index (κ1) is 31.1. The van der Waals surface area contributed by atoms with Crippen molar-refractivity contribution in [1.29, 1.82) is 5.26 Å². The summed E-state index contributed by atoms with van der Waals surface area (Å²) in [6, 6.07) is 16.0. The van der Waals surface area contributed by atoms with Gasteiger partial charge in [-0.25, -0.2) is 13.2 Å². The summed E-state index contributed by atoms with van der Waals surface area (Å²) in [6.45, 7) is 6.30. The molecule has 0 heterocycles. The fourth-order valence-electron chi connectivity index (χ4n) is 3.47. The number of benzene rings is 2. The number of aliphatic hydroxyl groups excluding tert-OH is 1. The van der Waals surface area contributed by atoms with Gasteiger partial charge in [0.25, 0.3) is 10.0 Å². The Bertz CT molecular complexity index is 1160. The Balaban J connectivity index is 2.36. The van der Waals surface area contributed by atoms with Crippen LogP contribution >= 0.6 is 0 Å². The summed E-state index contributed by atoms with van der Waals surface area (Å²) in [5.41, 5.74) is 0.0514. The lowest BCUT2D eigenvalue weighted by atomic mass is 10.0. The van der Waals surface area contributed by atoms with Crippen LogP contribution in [-0.2, 0) is 26.0 Å². The Morgan fingerprint density at radius 2 is 1.76 bits per heavy atom. The van der Waals surface area contributed by atoms with Gasteiger partial charge in [-0.1, -0.05) is 34.8 Å². The van der Waals surface area contributed by atoms with Crippen molar-refractivity contribution in [2.45, 2.75) is 75.7 Å². The molecule has 38 heavy (non-hydrogen) atoms. The molecule has 0 radical (unpaired) electrons. The van der Waals surface area contributed by atoms with Gasteiger partial charge in [0.1, 0.15) is 11.4 Å². The van der Waals surface area contributed by atoms with E-state index in [0.717, 1.165) is 10.0 Å². The summed E-state index contributed by atoms with van der Waals surface area (Å²) in [6.07, 6.45) is -2.10. The smallest absolute Gasteiger partial charge is 0.407 e. The SMILES string of the molecule is COc1ccc(S(=O)(=O)N(C[C@@H](O)C(Cc2ccccc2)NC(=O)OC(C)(C)C)OC(C)CCC#N)cc1. The molecule has 0 aromatic heterocycles. The molecule has 2 rings (SSSR count). The van der Waals surface area contributed by atoms with Gasteiger partial charge < -0.3 is 19.9 Å². The maximum absolute atomic E-state index is 13.5. The average Bonchev–Trinajstić information content (AvgIpc) is 2.86. The minimum atomic E-state index is -4.24. The number of methoxy groups -OCH3 is 1. The zero-order valence-corrected chi connectivity index (χ0v) is 23.3. The van der Waals surface area contributed by atoms with Gasteiger partial charge in [-0.2, -0.15) is 5.26 Å². The van der Waals surface area contributed by atoms with Crippen LogP contribution in [0.25, 0.3) is 0 Å². The molecule has 0 aliphatic carbocycles. The third-order valence-corrected chi connectivity index (χ3v) is 7.03. The Hall–Kier alpha value is -3.17. The molecule has 2 N–H and O–H groups in total. The number of sulfonamides is 1. The maximum atomic E-state index is 13.5. The summed E-state index contributed by atoms with van der Waals surface area (Å²) in [4.78, 5) is 18.2. The highest BCUT2D eigenvalue weighted by atomic mass is 32.2. The highest BCUT2D eigenvalue weighted by molar-refractivity contribution is 7.89. The van der Waals surface area contributed by atoms with E-state index in [-0.39, 0.29) is 24.2 Å². The number of rotatable bonds is 13. The second-order valence-corrected chi connectivity index (χ2v) is 11.6. The van der Waals surface area contributed by atoms with Crippen molar-refractivity contribution in [3.05, 3.63) is 60.2 Å². The Morgan fingerprint density at radius 1 is 1.13 bits per heavy atom. The number of hydroxylamine groups is 1. The van der Waals surface area contributed by atoms with Gasteiger partial charge in [-0.05, 0) is 70.4 Å². The Kier molecular flexibility index (Phi) is 11.5. The number of amides is 1. The lowest BCUT2D eigenvalue weighted by Crippen LogP contribution is -2.51. The van der Waals surface area contributed by atoms with E-state index in [9.17, 15) is 18.3 Å². The van der Waals surface area contributed by atoms with Crippen molar-refractivity contribution in [3.8, 4) is 11.8 Å². The summed E-state index contributed by atoms with van der Waals surface area (Å²) in [5.74, 6) is 0.475. The van der Waals surface area contributed by atoms with E-state index < -0.39 is 46.5 Å². The molecule has 3 atom stereocenters. The standard InChI is InChI=1S/C27H37N3O7S/c1-20(10-9-17-28)37-30(38(33,34)23-15-13-22(35-5)14-16-23)19-25(31)24(18-21-11-7-6-8-12-21)29-26(32)36-27(2,3)4/h6-8,11-16,20,24-25,31H,9-10,18-19H2,1-5H3,(H,29,32)/t20?,24?,25-/m1/s1. The van der Waals surface area contributed by atoms with E-state index in [2.05, 4.69) is 5.32 Å². The van der Waals surface area contributed by atoms with Crippen LogP contribution in [-0.4, -0.2) is 61.6 Å². The highest BCUT2D eigenvalue weighted by Gasteiger charge is 2.33.